The van der Waals surface area contributed by atoms with Crippen LogP contribution in [0.2, 0.25) is 0 Å². The van der Waals surface area contributed by atoms with Crippen molar-refractivity contribution in [3.63, 3.8) is 0 Å². The summed E-state index contributed by atoms with van der Waals surface area (Å²) in [6, 6.07) is 20.3. The third-order valence-corrected chi connectivity index (χ3v) is 11.2. The summed E-state index contributed by atoms with van der Waals surface area (Å²) in [4.78, 5) is 35.3. The molecule has 3 N–H and O–H groups in total. The van der Waals surface area contributed by atoms with Crippen LogP contribution in [-0.2, 0) is 17.9 Å². The molecule has 12 heteroatoms. The minimum atomic E-state index is -0.785. The predicted octanol–water partition coefficient (Wildman–Crippen LogP) is 7.29. The van der Waals surface area contributed by atoms with Crippen LogP contribution in [0.1, 0.15) is 60.3 Å². The van der Waals surface area contributed by atoms with Gasteiger partial charge < -0.3 is 19.9 Å². The molecule has 3 aromatic heterocycles. The third kappa shape index (κ3) is 7.02. The number of aliphatic hydroxyl groups is 1. The normalized spacial score (nSPS) is 20.4. The summed E-state index contributed by atoms with van der Waals surface area (Å²) < 4.78 is 6.30. The Labute approximate surface area is 319 Å². The molecule has 0 spiro atoms. The van der Waals surface area contributed by atoms with Crippen LogP contribution in [0, 0.1) is 37.5 Å². The van der Waals surface area contributed by atoms with Crippen LogP contribution in [-0.4, -0.2) is 77.7 Å². The quantitative estimate of drug-likeness (QED) is 0.136. The number of hydrogen-bond acceptors (Lipinski definition) is 11. The Bertz CT molecular complexity index is 2540. The number of aliphatic carboxylic acids is 1. The summed E-state index contributed by atoms with van der Waals surface area (Å²) in [5.74, 6) is 0.909. The van der Waals surface area contributed by atoms with Crippen LogP contribution in [0.4, 0.5) is 11.5 Å². The Morgan fingerprint density at radius 3 is 2.31 bits per heavy atom. The number of aromatic nitrogens is 4. The van der Waals surface area contributed by atoms with Crippen LogP contribution in [0.15, 0.2) is 65.2 Å². The van der Waals surface area contributed by atoms with E-state index in [0.717, 1.165) is 63.1 Å². The van der Waals surface area contributed by atoms with E-state index in [2.05, 4.69) is 53.2 Å². The number of hydrogen-bond donors (Lipinski definition) is 3. The van der Waals surface area contributed by atoms with Crippen molar-refractivity contribution >= 4 is 39.6 Å². The van der Waals surface area contributed by atoms with E-state index in [0.29, 0.717) is 78.9 Å². The molecule has 0 amide bonds. The highest BCUT2D eigenvalue weighted by molar-refractivity contribution is 5.90. The number of nitrogens with one attached hydrogen (secondary N) is 1. The number of carbonyl (C=O) groups is 1. The molecule has 6 aromatic rings. The number of β-amino-alcohol motifs (C(OH)–C–C–N with tert-alkyl or cyclic N) is 1. The summed E-state index contributed by atoms with van der Waals surface area (Å²) in [7, 11) is 0. The topological polar surface area (TPSA) is 165 Å². The van der Waals surface area contributed by atoms with E-state index in [1.165, 1.54) is 0 Å². The summed E-state index contributed by atoms with van der Waals surface area (Å²) in [6.45, 7) is 13.5. The zero-order valence-electron chi connectivity index (χ0n) is 31.8. The first-order valence-electron chi connectivity index (χ1n) is 18.6. The van der Waals surface area contributed by atoms with Crippen LogP contribution in [0.5, 0.6) is 0 Å². The molecule has 3 aromatic carbocycles. The summed E-state index contributed by atoms with van der Waals surface area (Å²) in [5.41, 5.74) is 9.14. The van der Waals surface area contributed by atoms with E-state index < -0.39 is 17.0 Å². The van der Waals surface area contributed by atoms with Gasteiger partial charge in [0.15, 0.2) is 11.4 Å². The van der Waals surface area contributed by atoms with E-state index in [1.54, 1.807) is 6.92 Å². The van der Waals surface area contributed by atoms with Gasteiger partial charge in [-0.1, -0.05) is 24.3 Å². The first-order valence-corrected chi connectivity index (χ1v) is 18.6. The highest BCUT2D eigenvalue weighted by atomic mass is 16.4. The zero-order valence-corrected chi connectivity index (χ0v) is 31.8. The number of likely N-dealkylation sites (tertiary alicyclic amines) is 2. The number of nitriles is 1. The number of carboxylic acid groups (broad SMARTS) is 1. The van der Waals surface area contributed by atoms with Gasteiger partial charge in [0, 0.05) is 50.2 Å². The molecule has 280 valence electrons. The lowest BCUT2D eigenvalue weighted by Gasteiger charge is -2.20. The molecule has 2 aliphatic rings. The highest BCUT2D eigenvalue weighted by Gasteiger charge is 2.40. The average molecular weight is 737 g/mol. The minimum Gasteiger partial charge on any atom is -0.481 e. The van der Waals surface area contributed by atoms with E-state index in [4.69, 9.17) is 24.4 Å². The predicted molar refractivity (Wildman–Crippen MR) is 211 cm³/mol. The van der Waals surface area contributed by atoms with Crippen molar-refractivity contribution in [2.75, 3.05) is 31.5 Å². The van der Waals surface area contributed by atoms with Crippen LogP contribution in [0.25, 0.3) is 44.7 Å². The van der Waals surface area contributed by atoms with Gasteiger partial charge in [0.25, 0.3) is 0 Å². The maximum Gasteiger partial charge on any atom is 0.310 e. The van der Waals surface area contributed by atoms with Crippen molar-refractivity contribution in [3.8, 4) is 28.7 Å². The number of fused-ring (bicyclic) bond motifs is 2. The van der Waals surface area contributed by atoms with Crippen molar-refractivity contribution in [3.05, 3.63) is 94.4 Å². The molecule has 0 saturated carbocycles. The third-order valence-electron chi connectivity index (χ3n) is 11.2. The standard InChI is InChI=1S/C43H44N8O4/c1-25-31(8-6-10-33(25)40-49-36-17-28(16-30(19-44)38(36)55-40)21-50-14-12-42(4,23-50)41(52)53)32-9-7-11-34(26(32)2)48-39-37-35(46-27(3)47-39)18-29(20-45-37)22-51-15-13-43(5,54)24-51/h6-11,16-18,20,54H,12-15,21-24H2,1-5H3,(H,52,53)(H,46,47,48)/t42?,43-/m0/s1. The van der Waals surface area contributed by atoms with Gasteiger partial charge in [0.2, 0.25) is 5.89 Å². The van der Waals surface area contributed by atoms with Gasteiger partial charge in [0.05, 0.1) is 22.1 Å². The number of aryl methyl sites for hydroxylation is 1. The number of carboxylic acids is 1. The van der Waals surface area contributed by atoms with Gasteiger partial charge in [-0.2, -0.15) is 5.26 Å². The fraction of sp³-hybridized carbons (Fsp3) is 0.349. The number of anilines is 2. The van der Waals surface area contributed by atoms with Crippen LogP contribution < -0.4 is 5.32 Å². The van der Waals surface area contributed by atoms with E-state index in [1.807, 2.05) is 56.4 Å². The number of pyridine rings is 1. The smallest absolute Gasteiger partial charge is 0.310 e. The maximum absolute atomic E-state index is 11.8. The molecule has 0 radical (unpaired) electrons. The second-order valence-electron chi connectivity index (χ2n) is 15.8. The van der Waals surface area contributed by atoms with Crippen molar-refractivity contribution in [2.45, 2.75) is 66.2 Å². The number of benzene rings is 3. The second-order valence-corrected chi connectivity index (χ2v) is 15.8. The van der Waals surface area contributed by atoms with Gasteiger partial charge in [-0.3, -0.25) is 19.6 Å². The molecule has 2 atom stereocenters. The molecular weight excluding hydrogens is 693 g/mol. The SMILES string of the molecule is Cc1nc(Nc2cccc(-c3cccc(-c4nc5cc(CN6CCC(C)(C(=O)O)C6)cc(C#N)c5o4)c3C)c2C)c2ncc(CN3CC[C@](C)(O)C3)cc2n1. The number of oxazole rings is 1. The van der Waals surface area contributed by atoms with E-state index in [9.17, 15) is 20.3 Å². The average Bonchev–Trinajstić information content (AvgIpc) is 3.85. The van der Waals surface area contributed by atoms with Gasteiger partial charge in [-0.25, -0.2) is 15.0 Å². The molecule has 12 nitrogen and oxygen atoms in total. The summed E-state index contributed by atoms with van der Waals surface area (Å²) >= 11 is 0. The zero-order chi connectivity index (χ0) is 38.6. The fourth-order valence-corrected chi connectivity index (χ4v) is 8.14. The lowest BCUT2D eigenvalue weighted by atomic mass is 9.90. The lowest BCUT2D eigenvalue weighted by Crippen LogP contribution is -2.31. The minimum absolute atomic E-state index is 0.397. The molecule has 5 heterocycles. The van der Waals surface area contributed by atoms with Gasteiger partial charge in [-0.15, -0.1) is 0 Å². The molecule has 2 aliphatic heterocycles. The second kappa shape index (κ2) is 13.8. The van der Waals surface area contributed by atoms with Crippen molar-refractivity contribution in [1.29, 1.82) is 5.26 Å². The number of rotatable bonds is 9. The molecule has 0 bridgehead atoms. The first-order chi connectivity index (χ1) is 26.3. The Morgan fingerprint density at radius 2 is 1.58 bits per heavy atom. The molecule has 8 rings (SSSR count). The number of nitrogens with zero attached hydrogens (tertiary/aromatic N) is 7. The van der Waals surface area contributed by atoms with Gasteiger partial charge >= 0.3 is 5.97 Å². The summed E-state index contributed by atoms with van der Waals surface area (Å²) in [6.07, 6.45) is 3.21. The molecule has 1 unspecified atom stereocenters. The maximum atomic E-state index is 11.8. The Morgan fingerprint density at radius 1 is 0.891 bits per heavy atom. The Balaban J connectivity index is 1.07. The van der Waals surface area contributed by atoms with Crippen LogP contribution in [0.3, 0.4) is 0 Å². The van der Waals surface area contributed by atoms with Gasteiger partial charge in [0.1, 0.15) is 22.9 Å². The van der Waals surface area contributed by atoms with Crippen molar-refractivity contribution < 1.29 is 19.4 Å². The molecular formula is C43H44N8O4. The molecule has 2 saturated heterocycles. The Hall–Kier alpha value is -5.74. The Kier molecular flexibility index (Phi) is 9.12. The fourth-order valence-electron chi connectivity index (χ4n) is 8.14. The van der Waals surface area contributed by atoms with Gasteiger partial charge in [-0.05, 0) is 118 Å². The van der Waals surface area contributed by atoms with Crippen molar-refractivity contribution in [1.82, 2.24) is 29.7 Å². The molecule has 0 aliphatic carbocycles. The monoisotopic (exact) mass is 736 g/mol. The van der Waals surface area contributed by atoms with E-state index >= 15 is 0 Å². The van der Waals surface area contributed by atoms with E-state index in [-0.39, 0.29) is 0 Å². The molecule has 2 fully saturated rings. The van der Waals surface area contributed by atoms with Crippen LogP contribution >= 0.6 is 0 Å². The van der Waals surface area contributed by atoms with Crippen molar-refractivity contribution in [2.24, 2.45) is 5.41 Å². The molecule has 55 heavy (non-hydrogen) atoms. The summed E-state index contributed by atoms with van der Waals surface area (Å²) in [5, 5.41) is 33.7. The highest BCUT2D eigenvalue weighted by Crippen LogP contribution is 2.38. The largest absolute Gasteiger partial charge is 0.481 e. The first kappa shape index (κ1) is 36.2. The lowest BCUT2D eigenvalue weighted by molar-refractivity contribution is -0.147.